The minimum atomic E-state index is -0.270. The molecule has 0 spiro atoms. The van der Waals surface area contributed by atoms with Crippen molar-refractivity contribution in [3.05, 3.63) is 22.4 Å². The number of hydrogen-bond acceptors (Lipinski definition) is 3. The van der Waals surface area contributed by atoms with Crippen molar-refractivity contribution in [2.24, 2.45) is 5.73 Å². The number of amides is 1. The van der Waals surface area contributed by atoms with Crippen molar-refractivity contribution in [3.8, 4) is 0 Å². The summed E-state index contributed by atoms with van der Waals surface area (Å²) in [4.78, 5) is 15.2. The highest BCUT2D eigenvalue weighted by molar-refractivity contribution is 7.09. The zero-order valence-electron chi connectivity index (χ0n) is 11.8. The first-order chi connectivity index (χ1) is 8.29. The van der Waals surface area contributed by atoms with Crippen molar-refractivity contribution in [3.63, 3.8) is 0 Å². The molecule has 0 aliphatic heterocycles. The lowest BCUT2D eigenvalue weighted by Crippen LogP contribution is -2.39. The smallest absolute Gasteiger partial charge is 0.222 e. The van der Waals surface area contributed by atoms with E-state index in [1.54, 1.807) is 11.3 Å². The SMILES string of the molecule is CC(Cc1cccs1)N(C)C(=O)CCC(C)(C)N. The number of rotatable bonds is 6. The third kappa shape index (κ3) is 5.19. The summed E-state index contributed by atoms with van der Waals surface area (Å²) in [5, 5.41) is 2.07. The van der Waals surface area contributed by atoms with Crippen LogP contribution in [-0.4, -0.2) is 29.4 Å². The van der Waals surface area contributed by atoms with Gasteiger partial charge >= 0.3 is 0 Å². The fraction of sp³-hybridized carbons (Fsp3) is 0.643. The highest BCUT2D eigenvalue weighted by atomic mass is 32.1. The molecule has 0 radical (unpaired) electrons. The molecule has 102 valence electrons. The Morgan fingerprint density at radius 1 is 1.56 bits per heavy atom. The summed E-state index contributed by atoms with van der Waals surface area (Å²) in [6.07, 6.45) is 2.17. The molecule has 0 aromatic carbocycles. The fourth-order valence-electron chi connectivity index (χ4n) is 1.71. The molecule has 0 aliphatic carbocycles. The number of likely N-dealkylation sites (N-methyl/N-ethyl adjacent to an activating group) is 1. The van der Waals surface area contributed by atoms with E-state index >= 15 is 0 Å². The van der Waals surface area contributed by atoms with Crippen LogP contribution in [0.5, 0.6) is 0 Å². The average Bonchev–Trinajstić information content (AvgIpc) is 2.76. The monoisotopic (exact) mass is 268 g/mol. The number of carbonyl (C=O) groups excluding carboxylic acids is 1. The molecule has 1 aromatic heterocycles. The van der Waals surface area contributed by atoms with Gasteiger partial charge in [0.1, 0.15) is 0 Å². The predicted octanol–water partition coefficient (Wildman–Crippen LogP) is 2.66. The van der Waals surface area contributed by atoms with Gasteiger partial charge in [0.25, 0.3) is 0 Å². The zero-order chi connectivity index (χ0) is 13.8. The Bertz CT molecular complexity index is 368. The van der Waals surface area contributed by atoms with Gasteiger partial charge in [-0.1, -0.05) is 6.07 Å². The van der Waals surface area contributed by atoms with E-state index in [2.05, 4.69) is 18.4 Å². The van der Waals surface area contributed by atoms with Crippen LogP contribution >= 0.6 is 11.3 Å². The Morgan fingerprint density at radius 3 is 2.72 bits per heavy atom. The van der Waals surface area contributed by atoms with Crippen molar-refractivity contribution in [2.75, 3.05) is 7.05 Å². The van der Waals surface area contributed by atoms with Gasteiger partial charge in [0.15, 0.2) is 0 Å². The molecule has 3 nitrogen and oxygen atoms in total. The Labute approximate surface area is 114 Å². The van der Waals surface area contributed by atoms with E-state index in [1.165, 1.54) is 4.88 Å². The van der Waals surface area contributed by atoms with E-state index in [0.717, 1.165) is 12.8 Å². The summed E-state index contributed by atoms with van der Waals surface area (Å²) < 4.78 is 0. The number of carbonyl (C=O) groups is 1. The van der Waals surface area contributed by atoms with E-state index in [9.17, 15) is 4.79 Å². The molecule has 1 amide bonds. The van der Waals surface area contributed by atoms with Crippen LogP contribution in [0.15, 0.2) is 17.5 Å². The van der Waals surface area contributed by atoms with Crippen LogP contribution in [-0.2, 0) is 11.2 Å². The van der Waals surface area contributed by atoms with Gasteiger partial charge in [0.05, 0.1) is 0 Å². The Kier molecular flexibility index (Phi) is 5.35. The Morgan fingerprint density at radius 2 is 2.22 bits per heavy atom. The van der Waals surface area contributed by atoms with Gasteiger partial charge in [0.2, 0.25) is 5.91 Å². The molecule has 0 saturated carbocycles. The normalized spacial score (nSPS) is 13.4. The summed E-state index contributed by atoms with van der Waals surface area (Å²) >= 11 is 1.74. The van der Waals surface area contributed by atoms with Gasteiger partial charge in [-0.15, -0.1) is 11.3 Å². The molecule has 1 heterocycles. The van der Waals surface area contributed by atoms with Crippen LogP contribution in [0.1, 0.15) is 38.5 Å². The summed E-state index contributed by atoms with van der Waals surface area (Å²) in [6, 6.07) is 4.39. The minimum absolute atomic E-state index is 0.178. The molecule has 0 bridgehead atoms. The standard InChI is InChI=1S/C14H24N2OS/c1-11(10-12-6-5-9-18-12)16(4)13(17)7-8-14(2,3)15/h5-6,9,11H,7-8,10,15H2,1-4H3. The van der Waals surface area contributed by atoms with Crippen molar-refractivity contribution in [1.29, 1.82) is 0 Å². The lowest BCUT2D eigenvalue weighted by molar-refractivity contribution is -0.132. The van der Waals surface area contributed by atoms with Crippen LogP contribution in [0.3, 0.4) is 0 Å². The maximum absolute atomic E-state index is 12.0. The minimum Gasteiger partial charge on any atom is -0.343 e. The second kappa shape index (κ2) is 6.34. The first-order valence-electron chi connectivity index (χ1n) is 6.36. The van der Waals surface area contributed by atoms with E-state index in [-0.39, 0.29) is 17.5 Å². The van der Waals surface area contributed by atoms with Crippen LogP contribution in [0.2, 0.25) is 0 Å². The molecule has 4 heteroatoms. The van der Waals surface area contributed by atoms with E-state index in [1.807, 2.05) is 31.9 Å². The molecule has 1 rings (SSSR count). The lowest BCUT2D eigenvalue weighted by atomic mass is 9.99. The molecule has 0 aliphatic rings. The Hall–Kier alpha value is -0.870. The van der Waals surface area contributed by atoms with Gasteiger partial charge in [-0.2, -0.15) is 0 Å². The van der Waals surface area contributed by atoms with E-state index < -0.39 is 0 Å². The first kappa shape index (κ1) is 15.2. The molecule has 0 fully saturated rings. The van der Waals surface area contributed by atoms with Crippen molar-refractivity contribution in [2.45, 2.75) is 51.6 Å². The van der Waals surface area contributed by atoms with Gasteiger partial charge < -0.3 is 10.6 Å². The largest absolute Gasteiger partial charge is 0.343 e. The van der Waals surface area contributed by atoms with Crippen molar-refractivity contribution >= 4 is 17.2 Å². The molecule has 2 N–H and O–H groups in total. The van der Waals surface area contributed by atoms with Gasteiger partial charge in [0, 0.05) is 36.3 Å². The molecular weight excluding hydrogens is 244 g/mol. The molecule has 1 unspecified atom stereocenters. The van der Waals surface area contributed by atoms with E-state index in [0.29, 0.717) is 6.42 Å². The zero-order valence-corrected chi connectivity index (χ0v) is 12.6. The summed E-state index contributed by atoms with van der Waals surface area (Å²) in [7, 11) is 1.88. The van der Waals surface area contributed by atoms with Crippen LogP contribution < -0.4 is 5.73 Å². The molecule has 18 heavy (non-hydrogen) atoms. The highest BCUT2D eigenvalue weighted by Gasteiger charge is 2.19. The highest BCUT2D eigenvalue weighted by Crippen LogP contribution is 2.15. The van der Waals surface area contributed by atoms with Crippen LogP contribution in [0.4, 0.5) is 0 Å². The molecule has 1 atom stereocenters. The maximum Gasteiger partial charge on any atom is 0.222 e. The average molecular weight is 268 g/mol. The summed E-state index contributed by atoms with van der Waals surface area (Å²) in [6.45, 7) is 6.00. The van der Waals surface area contributed by atoms with Crippen molar-refractivity contribution < 1.29 is 4.79 Å². The predicted molar refractivity (Wildman–Crippen MR) is 77.8 cm³/mol. The number of nitrogens with zero attached hydrogens (tertiary/aromatic N) is 1. The van der Waals surface area contributed by atoms with Crippen molar-refractivity contribution in [1.82, 2.24) is 4.90 Å². The topological polar surface area (TPSA) is 46.3 Å². The van der Waals surface area contributed by atoms with E-state index in [4.69, 9.17) is 5.73 Å². The summed E-state index contributed by atoms with van der Waals surface area (Å²) in [5.41, 5.74) is 5.63. The molecule has 1 aromatic rings. The Balaban J connectivity index is 2.43. The lowest BCUT2D eigenvalue weighted by Gasteiger charge is -2.26. The number of nitrogens with two attached hydrogens (primary N) is 1. The van der Waals surface area contributed by atoms with Gasteiger partial charge in [-0.3, -0.25) is 4.79 Å². The third-order valence-electron chi connectivity index (χ3n) is 3.11. The molecule has 0 saturated heterocycles. The fourth-order valence-corrected chi connectivity index (χ4v) is 2.53. The summed E-state index contributed by atoms with van der Waals surface area (Å²) in [5.74, 6) is 0.178. The van der Waals surface area contributed by atoms with Gasteiger partial charge in [-0.25, -0.2) is 0 Å². The molecular formula is C14H24N2OS. The maximum atomic E-state index is 12.0. The quantitative estimate of drug-likeness (QED) is 0.862. The third-order valence-corrected chi connectivity index (χ3v) is 4.01. The second-order valence-corrected chi connectivity index (χ2v) is 6.66. The first-order valence-corrected chi connectivity index (χ1v) is 7.24. The number of hydrogen-bond donors (Lipinski definition) is 1. The van der Waals surface area contributed by atoms with Crippen LogP contribution in [0.25, 0.3) is 0 Å². The van der Waals surface area contributed by atoms with Gasteiger partial charge in [-0.05, 0) is 38.6 Å². The number of thiophene rings is 1. The second-order valence-electron chi connectivity index (χ2n) is 5.63. The van der Waals surface area contributed by atoms with Crippen LogP contribution in [0, 0.1) is 0 Å².